The van der Waals surface area contributed by atoms with Gasteiger partial charge < -0.3 is 0 Å². The molecule has 0 atom stereocenters. The second kappa shape index (κ2) is 17.0. The van der Waals surface area contributed by atoms with E-state index in [-0.39, 0.29) is 21.4 Å². The van der Waals surface area contributed by atoms with E-state index in [4.69, 9.17) is 19.1 Å². The predicted molar refractivity (Wildman–Crippen MR) is 186 cm³/mol. The summed E-state index contributed by atoms with van der Waals surface area (Å²) in [6.45, 7) is 9.58. The van der Waals surface area contributed by atoms with Crippen LogP contribution in [0.2, 0.25) is 19.6 Å². The monoisotopic (exact) mass is 714 g/mol. The quantitative estimate of drug-likeness (QED) is 0.0929. The number of rotatable bonds is 9. The van der Waals surface area contributed by atoms with Gasteiger partial charge in [-0.1, -0.05) is 99.4 Å². The summed E-state index contributed by atoms with van der Waals surface area (Å²) < 4.78 is 0. The third kappa shape index (κ3) is 11.2. The molecule has 0 aliphatic rings. The molecule has 4 aromatic rings. The summed E-state index contributed by atoms with van der Waals surface area (Å²) >= 11 is -0.106. The van der Waals surface area contributed by atoms with Crippen LogP contribution in [0.4, 0.5) is 0 Å². The van der Waals surface area contributed by atoms with Gasteiger partial charge in [-0.25, -0.2) is 0 Å². The molecule has 0 unspecified atom stereocenters. The Hall–Kier alpha value is -1.24. The molecule has 0 saturated carbocycles. The average Bonchev–Trinajstić information content (AvgIpc) is 2.96. The van der Waals surface area contributed by atoms with Gasteiger partial charge in [-0.05, 0) is 48.5 Å². The third-order valence-electron chi connectivity index (χ3n) is 6.67. The van der Waals surface area contributed by atoms with Crippen LogP contribution in [0, 0.1) is 16.9 Å². The van der Waals surface area contributed by atoms with Crippen molar-refractivity contribution in [3.05, 3.63) is 121 Å². The molecule has 6 heteroatoms. The standard InChI is InChI=1S/C34H38P2Si.2ClH.Pd/c1-34(26-17-27-37(2,3)4,28-35(30-18-9-5-10-19-30)31-20-11-6-12-21-31)29-36(32-22-13-7-14-23-32)33-24-15-8-16-25-33;;;/h5-16,18-25H,26,28-29H2,1-4H3;2*1H;/q;;;+2. The van der Waals surface area contributed by atoms with Gasteiger partial charge in [0, 0.05) is 11.8 Å². The SMILES string of the molecule is CC(CC#C[Si](C)(C)C)(C[PH+](c1ccccc1)c1ccccc1)C[PH+](c1ccccc1)c1ccccc1.[Cl][Pd][Cl]. The molecule has 0 aliphatic heterocycles. The third-order valence-corrected chi connectivity index (χ3v) is 14.1. The van der Waals surface area contributed by atoms with E-state index >= 15 is 0 Å². The first kappa shape index (κ1) is 33.3. The van der Waals surface area contributed by atoms with Crippen LogP contribution in [-0.2, 0) is 15.9 Å². The van der Waals surface area contributed by atoms with Crippen molar-refractivity contribution in [2.75, 3.05) is 12.3 Å². The zero-order valence-electron chi connectivity index (χ0n) is 23.7. The Morgan fingerprint density at radius 3 is 1.12 bits per heavy atom. The Kier molecular flexibility index (Phi) is 14.1. The average molecular weight is 716 g/mol. The molecule has 4 rings (SSSR count). The molecule has 0 aliphatic carbocycles. The number of halogens is 2. The maximum atomic E-state index is 4.81. The molecular weight excluding hydrogens is 676 g/mol. The van der Waals surface area contributed by atoms with Crippen LogP contribution in [-0.4, -0.2) is 20.4 Å². The second-order valence-electron chi connectivity index (χ2n) is 11.4. The van der Waals surface area contributed by atoms with E-state index in [2.05, 4.69) is 159 Å². The van der Waals surface area contributed by atoms with Crippen molar-refractivity contribution in [3.63, 3.8) is 0 Å². The molecule has 0 spiro atoms. The topological polar surface area (TPSA) is 0 Å². The summed E-state index contributed by atoms with van der Waals surface area (Å²) in [6.07, 6.45) is 3.32. The minimum absolute atomic E-state index is 0.106. The van der Waals surface area contributed by atoms with Gasteiger partial charge >= 0.3 is 35.0 Å². The van der Waals surface area contributed by atoms with Gasteiger partial charge in [0.2, 0.25) is 0 Å². The normalized spacial score (nSPS) is 11.5. The van der Waals surface area contributed by atoms with Gasteiger partial charge in [0.05, 0.1) is 49.4 Å². The molecule has 0 fully saturated rings. The Balaban J connectivity index is 0.00000141. The van der Waals surface area contributed by atoms with Crippen LogP contribution in [0.15, 0.2) is 121 Å². The van der Waals surface area contributed by atoms with Gasteiger partial charge in [0.1, 0.15) is 8.07 Å². The number of hydrogen-bond acceptors (Lipinski definition) is 0. The molecular formula is C34H40Cl2P2PdSi+2. The fraction of sp³-hybridized carbons (Fsp3) is 0.235. The second-order valence-corrected chi connectivity index (χ2v) is 23.4. The fourth-order valence-corrected chi connectivity index (χ4v) is 11.8. The summed E-state index contributed by atoms with van der Waals surface area (Å²) in [5.41, 5.74) is 3.81. The van der Waals surface area contributed by atoms with Crippen molar-refractivity contribution in [3.8, 4) is 11.5 Å². The van der Waals surface area contributed by atoms with E-state index in [1.807, 2.05) is 0 Å². The number of hydrogen-bond donors (Lipinski definition) is 0. The van der Waals surface area contributed by atoms with Crippen LogP contribution in [0.3, 0.4) is 0 Å². The first-order valence-electron chi connectivity index (χ1n) is 13.5. The van der Waals surface area contributed by atoms with Crippen LogP contribution >= 0.6 is 34.9 Å². The van der Waals surface area contributed by atoms with Crippen LogP contribution in [0.1, 0.15) is 13.3 Å². The summed E-state index contributed by atoms with van der Waals surface area (Å²) in [5, 5.41) is 5.99. The van der Waals surface area contributed by atoms with E-state index in [1.165, 1.54) is 33.5 Å². The van der Waals surface area contributed by atoms with Gasteiger partial charge in [0.15, 0.2) is 0 Å². The molecule has 0 radical (unpaired) electrons. The van der Waals surface area contributed by atoms with Gasteiger partial charge in [-0.15, -0.1) is 11.5 Å². The summed E-state index contributed by atoms with van der Waals surface area (Å²) in [7, 11) is 6.25. The fourth-order valence-electron chi connectivity index (χ4n) is 4.86. The van der Waals surface area contributed by atoms with Gasteiger partial charge in [-0.2, -0.15) is 0 Å². The zero-order valence-corrected chi connectivity index (χ0v) is 29.8. The van der Waals surface area contributed by atoms with Gasteiger partial charge in [0.25, 0.3) is 0 Å². The van der Waals surface area contributed by atoms with Crippen molar-refractivity contribution in [1.29, 1.82) is 0 Å². The Morgan fingerprint density at radius 1 is 0.600 bits per heavy atom. The van der Waals surface area contributed by atoms with Crippen molar-refractivity contribution in [1.82, 2.24) is 0 Å². The number of benzene rings is 4. The van der Waals surface area contributed by atoms with E-state index in [0.29, 0.717) is 0 Å². The molecule has 0 heterocycles. The van der Waals surface area contributed by atoms with Crippen LogP contribution in [0.5, 0.6) is 0 Å². The molecule has 0 nitrogen and oxygen atoms in total. The summed E-state index contributed by atoms with van der Waals surface area (Å²) in [6, 6.07) is 44.9. The first-order valence-corrected chi connectivity index (χ1v) is 24.4. The van der Waals surface area contributed by atoms with Crippen molar-refractivity contribution < 1.29 is 15.9 Å². The van der Waals surface area contributed by atoms with E-state index < -0.39 is 23.9 Å². The van der Waals surface area contributed by atoms with Crippen LogP contribution in [0.25, 0.3) is 0 Å². The molecule has 40 heavy (non-hydrogen) atoms. The summed E-state index contributed by atoms with van der Waals surface area (Å²) in [4.78, 5) is 0. The van der Waals surface area contributed by atoms with Gasteiger partial charge in [-0.3, -0.25) is 0 Å². The Bertz CT molecular complexity index is 1160. The van der Waals surface area contributed by atoms with Crippen molar-refractivity contribution in [2.24, 2.45) is 5.41 Å². The zero-order chi connectivity index (χ0) is 28.8. The minimum atomic E-state index is -1.44. The van der Waals surface area contributed by atoms with E-state index in [0.717, 1.165) is 6.42 Å². The molecule has 0 amide bonds. The molecule has 0 saturated heterocycles. The van der Waals surface area contributed by atoms with E-state index in [1.54, 1.807) is 0 Å². The first-order chi connectivity index (χ1) is 19.2. The molecule has 4 aromatic carbocycles. The molecule has 0 aromatic heterocycles. The van der Waals surface area contributed by atoms with Crippen molar-refractivity contribution in [2.45, 2.75) is 33.0 Å². The predicted octanol–water partition coefficient (Wildman–Crippen LogP) is 8.37. The van der Waals surface area contributed by atoms with Crippen molar-refractivity contribution >= 4 is 64.2 Å². The molecule has 0 N–H and O–H groups in total. The maximum absolute atomic E-state index is 4.81. The Labute approximate surface area is 261 Å². The Morgan fingerprint density at radius 2 is 0.875 bits per heavy atom. The molecule has 212 valence electrons. The molecule has 0 bridgehead atoms. The van der Waals surface area contributed by atoms with E-state index in [9.17, 15) is 0 Å². The van der Waals surface area contributed by atoms with Crippen LogP contribution < -0.4 is 21.2 Å². The summed E-state index contributed by atoms with van der Waals surface area (Å²) in [5.74, 6) is 3.73.